The molecule has 1 N–H and O–H groups in total. The first-order valence-corrected chi connectivity index (χ1v) is 8.22. The van der Waals surface area contributed by atoms with E-state index in [1.807, 2.05) is 5.32 Å². The lowest BCUT2D eigenvalue weighted by atomic mass is 9.88. The SMILES string of the molecule is C=C(C(=O)NCCC(=O)OC1C2CC3C(=O)OC1C3S2)C(F)(F)F. The molecule has 132 valence electrons. The summed E-state index contributed by atoms with van der Waals surface area (Å²) in [4.78, 5) is 34.6. The van der Waals surface area contributed by atoms with E-state index >= 15 is 0 Å². The maximum atomic E-state index is 12.3. The molecule has 3 saturated heterocycles. The lowest BCUT2D eigenvalue weighted by molar-refractivity contribution is -0.159. The third-order valence-corrected chi connectivity index (χ3v) is 6.00. The zero-order valence-corrected chi connectivity index (χ0v) is 13.1. The Kier molecular flexibility index (Phi) is 4.27. The van der Waals surface area contributed by atoms with E-state index < -0.39 is 35.8 Å². The van der Waals surface area contributed by atoms with Gasteiger partial charge in [-0.1, -0.05) is 6.58 Å². The molecular formula is C14H14F3NO5S. The summed E-state index contributed by atoms with van der Waals surface area (Å²) in [7, 11) is 0. The fourth-order valence-corrected chi connectivity index (χ4v) is 4.97. The van der Waals surface area contributed by atoms with Gasteiger partial charge in [0.2, 0.25) is 0 Å². The fraction of sp³-hybridized carbons (Fsp3) is 0.643. The van der Waals surface area contributed by atoms with Gasteiger partial charge >= 0.3 is 18.1 Å². The summed E-state index contributed by atoms with van der Waals surface area (Å²) in [5.41, 5.74) is -1.52. The van der Waals surface area contributed by atoms with Gasteiger partial charge < -0.3 is 14.8 Å². The van der Waals surface area contributed by atoms with E-state index in [4.69, 9.17) is 9.47 Å². The number of amides is 1. The van der Waals surface area contributed by atoms with Crippen molar-refractivity contribution in [3.8, 4) is 0 Å². The highest BCUT2D eigenvalue weighted by Gasteiger charge is 2.64. The molecule has 3 aliphatic rings. The third kappa shape index (κ3) is 2.99. The minimum absolute atomic E-state index is 0.00000156. The van der Waals surface area contributed by atoms with Gasteiger partial charge in [-0.05, 0) is 6.42 Å². The monoisotopic (exact) mass is 365 g/mol. The van der Waals surface area contributed by atoms with Crippen LogP contribution in [0.5, 0.6) is 0 Å². The van der Waals surface area contributed by atoms with E-state index in [9.17, 15) is 27.6 Å². The van der Waals surface area contributed by atoms with Gasteiger partial charge in [-0.15, -0.1) is 11.8 Å². The van der Waals surface area contributed by atoms with Crippen LogP contribution in [-0.2, 0) is 23.9 Å². The minimum atomic E-state index is -4.81. The normalized spacial score (nSPS) is 33.3. The molecule has 10 heteroatoms. The van der Waals surface area contributed by atoms with Crippen molar-refractivity contribution in [1.82, 2.24) is 5.32 Å². The third-order valence-electron chi connectivity index (χ3n) is 4.28. The molecule has 0 radical (unpaired) electrons. The Balaban J connectivity index is 1.44. The van der Waals surface area contributed by atoms with Gasteiger partial charge in [-0.2, -0.15) is 13.2 Å². The second-order valence-electron chi connectivity index (χ2n) is 5.82. The molecule has 0 saturated carbocycles. The van der Waals surface area contributed by atoms with Crippen molar-refractivity contribution in [1.29, 1.82) is 0 Å². The van der Waals surface area contributed by atoms with Crippen molar-refractivity contribution in [3.63, 3.8) is 0 Å². The van der Waals surface area contributed by atoms with Crippen molar-refractivity contribution >= 4 is 29.6 Å². The molecule has 5 unspecified atom stereocenters. The summed E-state index contributed by atoms with van der Waals surface area (Å²) in [6, 6.07) is 0. The largest absolute Gasteiger partial charge is 0.457 e. The van der Waals surface area contributed by atoms with Gasteiger partial charge in [0, 0.05) is 11.8 Å². The van der Waals surface area contributed by atoms with Crippen LogP contribution in [0.1, 0.15) is 12.8 Å². The number of alkyl halides is 3. The second-order valence-corrected chi connectivity index (χ2v) is 7.24. The van der Waals surface area contributed by atoms with Crippen molar-refractivity contribution < 1.29 is 37.0 Å². The lowest BCUT2D eigenvalue weighted by Gasteiger charge is -2.23. The topological polar surface area (TPSA) is 81.7 Å². The summed E-state index contributed by atoms with van der Waals surface area (Å²) < 4.78 is 47.3. The molecule has 0 spiro atoms. The van der Waals surface area contributed by atoms with E-state index in [-0.39, 0.29) is 35.4 Å². The number of fused-ring (bicyclic) bond motifs is 1. The zero-order valence-electron chi connectivity index (χ0n) is 12.3. The van der Waals surface area contributed by atoms with E-state index in [1.165, 1.54) is 0 Å². The first-order valence-electron chi connectivity index (χ1n) is 7.28. The van der Waals surface area contributed by atoms with Crippen LogP contribution in [0.4, 0.5) is 13.2 Å². The molecule has 1 amide bonds. The molecule has 3 rings (SSSR count). The van der Waals surface area contributed by atoms with Crippen LogP contribution in [0.2, 0.25) is 0 Å². The highest BCUT2D eigenvalue weighted by Crippen LogP contribution is 2.55. The maximum Gasteiger partial charge on any atom is 0.421 e. The molecule has 5 atom stereocenters. The Labute approximate surface area is 139 Å². The van der Waals surface area contributed by atoms with E-state index in [0.29, 0.717) is 6.42 Å². The predicted molar refractivity (Wildman–Crippen MR) is 75.9 cm³/mol. The minimum Gasteiger partial charge on any atom is -0.457 e. The van der Waals surface area contributed by atoms with Crippen molar-refractivity contribution in [2.75, 3.05) is 6.54 Å². The quantitative estimate of drug-likeness (QED) is 0.577. The summed E-state index contributed by atoms with van der Waals surface area (Å²) >= 11 is 1.57. The Morgan fingerprint density at radius 2 is 2.12 bits per heavy atom. The summed E-state index contributed by atoms with van der Waals surface area (Å²) in [6.07, 6.45) is -5.47. The zero-order chi connectivity index (χ0) is 17.6. The van der Waals surface area contributed by atoms with E-state index in [2.05, 4.69) is 6.58 Å². The van der Waals surface area contributed by atoms with Crippen LogP contribution >= 0.6 is 11.8 Å². The first kappa shape index (κ1) is 17.1. The standard InChI is InChI=1S/C14H14F3NO5S/c1-5(14(15,16)17)12(20)18-3-2-8(19)22-9-7-4-6-11(24-7)10(9)23-13(6)21/h6-7,9-11H,1-4H2,(H,18,20). The predicted octanol–water partition coefficient (Wildman–Crippen LogP) is 0.952. The molecule has 3 aliphatic heterocycles. The number of ether oxygens (including phenoxy) is 2. The number of hydrogen-bond acceptors (Lipinski definition) is 6. The first-order chi connectivity index (χ1) is 11.2. The molecule has 0 aromatic rings. The summed E-state index contributed by atoms with van der Waals surface area (Å²) in [6.45, 7) is 2.36. The van der Waals surface area contributed by atoms with Crippen molar-refractivity contribution in [2.45, 2.75) is 41.7 Å². The lowest BCUT2D eigenvalue weighted by Crippen LogP contribution is -2.40. The van der Waals surface area contributed by atoms with Gasteiger partial charge in [-0.25, -0.2) is 0 Å². The van der Waals surface area contributed by atoms with Crippen molar-refractivity contribution in [3.05, 3.63) is 12.2 Å². The summed E-state index contributed by atoms with van der Waals surface area (Å²) in [5, 5.41) is 1.98. The molecule has 2 bridgehead atoms. The number of halogens is 3. The number of hydrogen-bond donors (Lipinski definition) is 1. The molecule has 0 aromatic heterocycles. The van der Waals surface area contributed by atoms with Gasteiger partial charge in [0.25, 0.3) is 5.91 Å². The highest BCUT2D eigenvalue weighted by atomic mass is 32.2. The van der Waals surface area contributed by atoms with Crippen LogP contribution in [0.15, 0.2) is 12.2 Å². The summed E-state index contributed by atoms with van der Waals surface area (Å²) in [5.74, 6) is -2.44. The molecule has 0 aromatic carbocycles. The van der Waals surface area contributed by atoms with Crippen LogP contribution < -0.4 is 5.32 Å². The maximum absolute atomic E-state index is 12.3. The Bertz CT molecular complexity index is 608. The number of esters is 2. The Hall–Kier alpha value is -1.71. The Morgan fingerprint density at radius 3 is 2.79 bits per heavy atom. The van der Waals surface area contributed by atoms with E-state index in [0.717, 1.165) is 0 Å². The van der Waals surface area contributed by atoms with Gasteiger partial charge in [0.05, 0.1) is 17.6 Å². The Morgan fingerprint density at radius 1 is 1.42 bits per heavy atom. The molecule has 6 nitrogen and oxygen atoms in total. The van der Waals surface area contributed by atoms with Crippen molar-refractivity contribution in [2.24, 2.45) is 5.92 Å². The van der Waals surface area contributed by atoms with Crippen LogP contribution in [-0.4, -0.2) is 53.3 Å². The van der Waals surface area contributed by atoms with E-state index in [1.54, 1.807) is 11.8 Å². The van der Waals surface area contributed by atoms with Crippen LogP contribution in [0.25, 0.3) is 0 Å². The van der Waals surface area contributed by atoms with Gasteiger partial charge in [-0.3, -0.25) is 14.4 Å². The number of carbonyl (C=O) groups excluding carboxylic acids is 3. The number of nitrogens with one attached hydrogen (secondary N) is 1. The highest BCUT2D eigenvalue weighted by molar-refractivity contribution is 8.01. The van der Waals surface area contributed by atoms with Crippen LogP contribution in [0.3, 0.4) is 0 Å². The number of thioether (sulfide) groups is 1. The molecule has 24 heavy (non-hydrogen) atoms. The number of rotatable bonds is 5. The molecular weight excluding hydrogens is 351 g/mol. The van der Waals surface area contributed by atoms with Gasteiger partial charge in [0.15, 0.2) is 12.2 Å². The molecule has 3 heterocycles. The van der Waals surface area contributed by atoms with Gasteiger partial charge in [0.1, 0.15) is 5.57 Å². The van der Waals surface area contributed by atoms with Crippen LogP contribution in [0, 0.1) is 5.92 Å². The molecule has 0 aliphatic carbocycles. The fourth-order valence-electron chi connectivity index (χ4n) is 3.11. The number of carbonyl (C=O) groups is 3. The smallest absolute Gasteiger partial charge is 0.421 e. The average molecular weight is 365 g/mol. The molecule has 3 fully saturated rings. The second kappa shape index (κ2) is 5.98. The average Bonchev–Trinajstić information content (AvgIpc) is 3.10.